The lowest BCUT2D eigenvalue weighted by Crippen LogP contribution is -2.03. The molecule has 0 atom stereocenters. The number of ether oxygens (including phenoxy) is 1. The third kappa shape index (κ3) is 3.34. The molecule has 31 heavy (non-hydrogen) atoms. The highest BCUT2D eigenvalue weighted by Crippen LogP contribution is 2.38. The summed E-state index contributed by atoms with van der Waals surface area (Å²) in [6, 6.07) is 6.62. The second kappa shape index (κ2) is 7.55. The molecule has 3 heterocycles. The van der Waals surface area contributed by atoms with Gasteiger partial charge in [0.25, 0.3) is 0 Å². The molecule has 10 heteroatoms. The molecule has 4 aromatic rings. The van der Waals surface area contributed by atoms with E-state index < -0.39 is 17.5 Å². The zero-order valence-corrected chi connectivity index (χ0v) is 16.1. The molecule has 0 spiro atoms. The van der Waals surface area contributed by atoms with Crippen LogP contribution in [0.3, 0.4) is 0 Å². The zero-order valence-electron chi connectivity index (χ0n) is 16.1. The highest BCUT2D eigenvalue weighted by molar-refractivity contribution is 5.87. The fourth-order valence-electron chi connectivity index (χ4n) is 3.63. The minimum absolute atomic E-state index is 0.0846. The second-order valence-corrected chi connectivity index (χ2v) is 6.94. The minimum atomic E-state index is -1.26. The molecule has 0 fully saturated rings. The fourth-order valence-corrected chi connectivity index (χ4v) is 3.63. The molecule has 1 aliphatic rings. The predicted octanol–water partition coefficient (Wildman–Crippen LogP) is 3.37. The summed E-state index contributed by atoms with van der Waals surface area (Å²) in [6.07, 6.45) is 1.46. The number of fused-ring (bicyclic) bond motifs is 2. The summed E-state index contributed by atoms with van der Waals surface area (Å²) in [5, 5.41) is 12.0. The van der Waals surface area contributed by atoms with Crippen molar-refractivity contribution in [2.24, 2.45) is 0 Å². The van der Waals surface area contributed by atoms with Crippen molar-refractivity contribution in [3.8, 4) is 28.4 Å². The van der Waals surface area contributed by atoms with Gasteiger partial charge in [0, 0.05) is 30.3 Å². The maximum absolute atomic E-state index is 14.6. The van der Waals surface area contributed by atoms with E-state index in [1.165, 1.54) is 6.20 Å². The van der Waals surface area contributed by atoms with E-state index in [1.807, 2.05) is 4.57 Å². The number of hydrogen-bond donors (Lipinski definition) is 2. The molecular formula is C21H16F3N5O2. The molecule has 0 saturated heterocycles. The topological polar surface area (TPSA) is 85.1 Å². The monoisotopic (exact) mass is 427 g/mol. The average Bonchev–Trinajstić information content (AvgIpc) is 3.35. The van der Waals surface area contributed by atoms with E-state index in [0.29, 0.717) is 47.4 Å². The van der Waals surface area contributed by atoms with Crippen LogP contribution in [-0.4, -0.2) is 44.4 Å². The summed E-state index contributed by atoms with van der Waals surface area (Å²) in [5.41, 5.74) is 2.39. The number of halogens is 3. The second-order valence-electron chi connectivity index (χ2n) is 6.94. The van der Waals surface area contributed by atoms with E-state index in [4.69, 9.17) is 9.84 Å². The maximum atomic E-state index is 14.6. The highest BCUT2D eigenvalue weighted by Gasteiger charge is 2.26. The first-order valence-electron chi connectivity index (χ1n) is 9.55. The van der Waals surface area contributed by atoms with E-state index >= 15 is 0 Å². The molecule has 0 radical (unpaired) electrons. The maximum Gasteiger partial charge on any atom is 0.232 e. The van der Waals surface area contributed by atoms with Gasteiger partial charge in [0.15, 0.2) is 11.6 Å². The van der Waals surface area contributed by atoms with Crippen LogP contribution < -0.4 is 10.1 Å². The predicted molar refractivity (Wildman–Crippen MR) is 107 cm³/mol. The zero-order chi connectivity index (χ0) is 21.5. The molecule has 158 valence electrons. The van der Waals surface area contributed by atoms with Gasteiger partial charge >= 0.3 is 0 Å². The first-order chi connectivity index (χ1) is 15.0. The largest absolute Gasteiger partial charge is 0.474 e. The minimum Gasteiger partial charge on any atom is -0.474 e. The van der Waals surface area contributed by atoms with Crippen molar-refractivity contribution in [2.45, 2.75) is 6.54 Å². The van der Waals surface area contributed by atoms with Gasteiger partial charge in [-0.25, -0.2) is 28.1 Å². The van der Waals surface area contributed by atoms with Crippen LogP contribution in [0.25, 0.3) is 33.5 Å². The Balaban J connectivity index is 1.68. The van der Waals surface area contributed by atoms with E-state index in [1.54, 1.807) is 18.2 Å². The first kappa shape index (κ1) is 19.3. The number of imidazole rings is 1. The van der Waals surface area contributed by atoms with Crippen LogP contribution in [0, 0.1) is 17.5 Å². The molecule has 0 aliphatic carbocycles. The van der Waals surface area contributed by atoms with E-state index in [-0.39, 0.29) is 30.4 Å². The van der Waals surface area contributed by atoms with Gasteiger partial charge in [0.05, 0.1) is 29.5 Å². The van der Waals surface area contributed by atoms with E-state index in [0.717, 1.165) is 6.07 Å². The summed E-state index contributed by atoms with van der Waals surface area (Å²) in [7, 11) is 0. The Morgan fingerprint density at radius 1 is 1.03 bits per heavy atom. The van der Waals surface area contributed by atoms with Crippen molar-refractivity contribution < 1.29 is 23.0 Å². The van der Waals surface area contributed by atoms with Crippen LogP contribution in [0.4, 0.5) is 19.1 Å². The number of benzene rings is 2. The van der Waals surface area contributed by atoms with Crippen molar-refractivity contribution in [3.05, 3.63) is 54.0 Å². The number of aliphatic hydroxyl groups is 1. The molecule has 1 aliphatic heterocycles. The van der Waals surface area contributed by atoms with Gasteiger partial charge in [-0.15, -0.1) is 0 Å². The number of hydrogen-bond acceptors (Lipinski definition) is 6. The number of rotatable bonds is 5. The SMILES string of the molecule is OCCOc1cnc2ccc(-c3c(-c4cc(F)c(F)cc4F)nc4n3CCN4)cc2n1. The standard InChI is InChI=1S/C21H16F3N5O2/c22-13-9-15(24)14(23)8-12(13)19-20(29-4-3-25-21(29)28-19)11-1-2-16-17(7-11)27-18(10-26-16)31-6-5-30/h1-2,7-10,30H,3-6H2,(H,25,28). The number of nitrogens with one attached hydrogen (secondary N) is 1. The van der Waals surface area contributed by atoms with Gasteiger partial charge in [-0.1, -0.05) is 6.07 Å². The molecule has 7 nitrogen and oxygen atoms in total. The Hall–Kier alpha value is -3.66. The Labute approximate surface area is 174 Å². The van der Waals surface area contributed by atoms with Crippen LogP contribution in [0.2, 0.25) is 0 Å². The molecule has 0 unspecified atom stereocenters. The third-order valence-electron chi connectivity index (χ3n) is 4.99. The number of nitrogens with zero attached hydrogens (tertiary/aromatic N) is 4. The van der Waals surface area contributed by atoms with Crippen molar-refractivity contribution in [1.29, 1.82) is 0 Å². The first-order valence-corrected chi connectivity index (χ1v) is 9.55. The lowest BCUT2D eigenvalue weighted by molar-refractivity contribution is 0.196. The van der Waals surface area contributed by atoms with Gasteiger partial charge < -0.3 is 19.7 Å². The molecule has 2 N–H and O–H groups in total. The number of aromatic nitrogens is 4. The summed E-state index contributed by atoms with van der Waals surface area (Å²) in [5.74, 6) is -2.55. The summed E-state index contributed by atoms with van der Waals surface area (Å²) < 4.78 is 49.1. The Bertz CT molecular complexity index is 1310. The molecule has 0 amide bonds. The fraction of sp³-hybridized carbons (Fsp3) is 0.190. The quantitative estimate of drug-likeness (QED) is 0.475. The molecule has 5 rings (SSSR count). The lowest BCUT2D eigenvalue weighted by Gasteiger charge is -2.10. The Morgan fingerprint density at radius 3 is 2.71 bits per heavy atom. The van der Waals surface area contributed by atoms with Crippen molar-refractivity contribution in [2.75, 3.05) is 25.1 Å². The van der Waals surface area contributed by atoms with Gasteiger partial charge in [-0.05, 0) is 18.2 Å². The van der Waals surface area contributed by atoms with Gasteiger partial charge in [0.2, 0.25) is 11.8 Å². The average molecular weight is 427 g/mol. The lowest BCUT2D eigenvalue weighted by atomic mass is 10.0. The molecule has 2 aromatic heterocycles. The smallest absolute Gasteiger partial charge is 0.232 e. The van der Waals surface area contributed by atoms with Gasteiger partial charge in [-0.3, -0.25) is 0 Å². The van der Waals surface area contributed by atoms with Crippen molar-refractivity contribution >= 4 is 17.0 Å². The highest BCUT2D eigenvalue weighted by atomic mass is 19.2. The van der Waals surface area contributed by atoms with Gasteiger partial charge in [0.1, 0.15) is 18.1 Å². The molecule has 0 bridgehead atoms. The van der Waals surface area contributed by atoms with Crippen LogP contribution in [0.1, 0.15) is 0 Å². The molecular weight excluding hydrogens is 411 g/mol. The van der Waals surface area contributed by atoms with Crippen molar-refractivity contribution in [1.82, 2.24) is 19.5 Å². The normalized spacial score (nSPS) is 12.8. The molecule has 0 saturated carbocycles. The van der Waals surface area contributed by atoms with Crippen LogP contribution in [-0.2, 0) is 6.54 Å². The summed E-state index contributed by atoms with van der Waals surface area (Å²) in [4.78, 5) is 13.1. The van der Waals surface area contributed by atoms with E-state index in [2.05, 4.69) is 20.3 Å². The van der Waals surface area contributed by atoms with Crippen LogP contribution in [0.15, 0.2) is 36.5 Å². The van der Waals surface area contributed by atoms with Crippen molar-refractivity contribution in [3.63, 3.8) is 0 Å². The number of anilines is 1. The van der Waals surface area contributed by atoms with Crippen LogP contribution >= 0.6 is 0 Å². The third-order valence-corrected chi connectivity index (χ3v) is 4.99. The number of aliphatic hydroxyl groups excluding tert-OH is 1. The van der Waals surface area contributed by atoms with E-state index in [9.17, 15) is 13.2 Å². The Morgan fingerprint density at radius 2 is 1.87 bits per heavy atom. The van der Waals surface area contributed by atoms with Gasteiger partial charge in [-0.2, -0.15) is 0 Å². The summed E-state index contributed by atoms with van der Waals surface area (Å²) in [6.45, 7) is 1.15. The molecule has 2 aromatic carbocycles. The van der Waals surface area contributed by atoms with Crippen LogP contribution in [0.5, 0.6) is 5.88 Å². The summed E-state index contributed by atoms with van der Waals surface area (Å²) >= 11 is 0. The Kier molecular flexibility index (Phi) is 4.70.